The highest BCUT2D eigenvalue weighted by Gasteiger charge is 2.28. The van der Waals surface area contributed by atoms with Crippen LogP contribution in [0.3, 0.4) is 0 Å². The number of nitrogens with one attached hydrogen (secondary N) is 1. The summed E-state index contributed by atoms with van der Waals surface area (Å²) in [5.41, 5.74) is 0. The van der Waals surface area contributed by atoms with Gasteiger partial charge >= 0.3 is 0 Å². The number of allylic oxidation sites excluding steroid dienone is 4. The molecule has 0 rings (SSSR count). The van der Waals surface area contributed by atoms with Gasteiger partial charge in [-0.3, -0.25) is 4.79 Å². The van der Waals surface area contributed by atoms with Gasteiger partial charge in [0.15, 0.2) is 0 Å². The SMILES string of the molecule is CCCCC/C=C\C=C/CCCCCCCCCCCC(O)C(=O)NC(CO)C(O)C(O)CCCCCCCCCCCCCCCCCCCCCCC. The van der Waals surface area contributed by atoms with Crippen molar-refractivity contribution in [1.29, 1.82) is 0 Å². The minimum atomic E-state index is -1.26. The van der Waals surface area contributed by atoms with Gasteiger partial charge in [-0.25, -0.2) is 0 Å². The van der Waals surface area contributed by atoms with E-state index in [0.717, 1.165) is 44.9 Å². The van der Waals surface area contributed by atoms with Crippen LogP contribution in [0.5, 0.6) is 0 Å². The van der Waals surface area contributed by atoms with Crippen molar-refractivity contribution in [3.05, 3.63) is 24.3 Å². The summed E-state index contributed by atoms with van der Waals surface area (Å²) in [6, 6.07) is -0.986. The van der Waals surface area contributed by atoms with Crippen LogP contribution in [-0.2, 0) is 4.79 Å². The maximum atomic E-state index is 12.5. The number of unbranched alkanes of at least 4 members (excludes halogenated alkanes) is 32. The zero-order valence-electron chi connectivity index (χ0n) is 36.7. The zero-order chi connectivity index (χ0) is 40.3. The summed E-state index contributed by atoms with van der Waals surface area (Å²) in [5, 5.41) is 43.8. The molecule has 4 atom stereocenters. The van der Waals surface area contributed by atoms with Crippen LogP contribution in [0, 0.1) is 0 Å². The summed E-state index contributed by atoms with van der Waals surface area (Å²) < 4.78 is 0. The first kappa shape index (κ1) is 53.8. The van der Waals surface area contributed by atoms with Gasteiger partial charge in [-0.05, 0) is 38.5 Å². The lowest BCUT2D eigenvalue weighted by Gasteiger charge is -2.27. The van der Waals surface area contributed by atoms with E-state index in [0.29, 0.717) is 12.8 Å². The Balaban J connectivity index is 3.69. The van der Waals surface area contributed by atoms with Crippen LogP contribution in [0.25, 0.3) is 0 Å². The quantitative estimate of drug-likeness (QED) is 0.0313. The Labute approximate surface area is 342 Å². The minimum Gasteiger partial charge on any atom is -0.394 e. The van der Waals surface area contributed by atoms with E-state index >= 15 is 0 Å². The van der Waals surface area contributed by atoms with Gasteiger partial charge in [0, 0.05) is 0 Å². The molecule has 6 nitrogen and oxygen atoms in total. The molecule has 5 N–H and O–H groups in total. The van der Waals surface area contributed by atoms with Crippen molar-refractivity contribution in [2.75, 3.05) is 6.61 Å². The molecule has 0 aromatic rings. The fraction of sp³-hybridized carbons (Fsp3) is 0.898. The maximum absolute atomic E-state index is 12.5. The number of aliphatic hydroxyl groups excluding tert-OH is 4. The molecule has 0 bridgehead atoms. The summed E-state index contributed by atoms with van der Waals surface area (Å²) in [5.74, 6) is -0.586. The van der Waals surface area contributed by atoms with Crippen molar-refractivity contribution in [2.24, 2.45) is 0 Å². The van der Waals surface area contributed by atoms with Crippen LogP contribution in [0.4, 0.5) is 0 Å². The molecule has 0 aromatic heterocycles. The predicted molar refractivity (Wildman–Crippen MR) is 237 cm³/mol. The molecule has 0 heterocycles. The van der Waals surface area contributed by atoms with E-state index in [2.05, 4.69) is 43.5 Å². The predicted octanol–water partition coefficient (Wildman–Crippen LogP) is 13.1. The number of aliphatic hydroxyl groups is 4. The molecular formula is C49H95NO5. The molecule has 0 aliphatic heterocycles. The van der Waals surface area contributed by atoms with Crippen LogP contribution < -0.4 is 5.32 Å². The molecule has 0 saturated heterocycles. The minimum absolute atomic E-state index is 0.365. The first-order valence-electron chi connectivity index (χ1n) is 24.2. The summed E-state index contributed by atoms with van der Waals surface area (Å²) in [7, 11) is 0. The molecule has 0 saturated carbocycles. The molecule has 0 radical (unpaired) electrons. The van der Waals surface area contributed by atoms with Gasteiger partial charge in [0.2, 0.25) is 5.91 Å². The van der Waals surface area contributed by atoms with Gasteiger partial charge in [-0.15, -0.1) is 0 Å². The van der Waals surface area contributed by atoms with E-state index in [4.69, 9.17) is 0 Å². The molecule has 1 amide bonds. The van der Waals surface area contributed by atoms with E-state index in [1.807, 2.05) is 0 Å². The number of rotatable bonds is 44. The first-order chi connectivity index (χ1) is 27.0. The second kappa shape index (κ2) is 43.9. The van der Waals surface area contributed by atoms with Crippen molar-refractivity contribution in [3.8, 4) is 0 Å². The highest BCUT2D eigenvalue weighted by molar-refractivity contribution is 5.80. The fourth-order valence-electron chi connectivity index (χ4n) is 7.57. The third-order valence-electron chi connectivity index (χ3n) is 11.4. The molecule has 0 fully saturated rings. The Hall–Kier alpha value is -1.21. The molecule has 0 aromatic carbocycles. The molecule has 326 valence electrons. The zero-order valence-corrected chi connectivity index (χ0v) is 36.7. The molecule has 55 heavy (non-hydrogen) atoms. The number of carbonyl (C=O) groups excluding carboxylic acids is 1. The van der Waals surface area contributed by atoms with Gasteiger partial charge < -0.3 is 25.7 Å². The lowest BCUT2D eigenvalue weighted by molar-refractivity contribution is -0.132. The van der Waals surface area contributed by atoms with Gasteiger partial charge in [0.05, 0.1) is 18.8 Å². The highest BCUT2D eigenvalue weighted by Crippen LogP contribution is 2.17. The molecule has 4 unspecified atom stereocenters. The lowest BCUT2D eigenvalue weighted by Crippen LogP contribution is -2.53. The summed E-state index contributed by atoms with van der Waals surface area (Å²) in [4.78, 5) is 12.5. The van der Waals surface area contributed by atoms with Gasteiger partial charge in [-0.2, -0.15) is 0 Å². The van der Waals surface area contributed by atoms with Crippen molar-refractivity contribution in [3.63, 3.8) is 0 Å². The van der Waals surface area contributed by atoms with Gasteiger partial charge in [0.1, 0.15) is 12.2 Å². The average molecular weight is 778 g/mol. The largest absolute Gasteiger partial charge is 0.394 e. The standard InChI is InChI=1S/C49H95NO5/c1-3-5-7-9-11-13-15-17-19-21-23-24-25-27-28-30-32-34-36-38-40-42-46(52)48(54)45(44-51)50-49(55)47(53)43-41-39-37-35-33-31-29-26-22-20-18-16-14-12-10-8-6-4-2/h12,14,16,18,45-48,51-54H,3-11,13,15,17,19-44H2,1-2H3,(H,50,55)/b14-12-,18-16-. The topological polar surface area (TPSA) is 110 Å². The Morgan fingerprint density at radius 1 is 0.455 bits per heavy atom. The third kappa shape index (κ3) is 38.1. The van der Waals surface area contributed by atoms with Crippen LogP contribution in [0.1, 0.15) is 251 Å². The second-order valence-electron chi connectivity index (χ2n) is 16.8. The normalized spacial score (nSPS) is 14.2. The van der Waals surface area contributed by atoms with Crippen molar-refractivity contribution in [1.82, 2.24) is 5.32 Å². The average Bonchev–Trinajstić information content (AvgIpc) is 3.19. The van der Waals surface area contributed by atoms with Crippen molar-refractivity contribution >= 4 is 5.91 Å². The Kier molecular flexibility index (Phi) is 42.9. The van der Waals surface area contributed by atoms with Crippen LogP contribution >= 0.6 is 0 Å². The fourth-order valence-corrected chi connectivity index (χ4v) is 7.57. The Morgan fingerprint density at radius 3 is 1.15 bits per heavy atom. The number of carbonyl (C=O) groups is 1. The van der Waals surface area contributed by atoms with E-state index in [-0.39, 0.29) is 0 Å². The molecule has 0 spiro atoms. The summed E-state index contributed by atoms with van der Waals surface area (Å²) in [6.45, 7) is 4.04. The van der Waals surface area contributed by atoms with Gasteiger partial charge in [0.25, 0.3) is 0 Å². The monoisotopic (exact) mass is 778 g/mol. The molecular weight excluding hydrogens is 683 g/mol. The molecule has 0 aliphatic carbocycles. The molecule has 0 aliphatic rings. The highest BCUT2D eigenvalue weighted by atomic mass is 16.3. The van der Waals surface area contributed by atoms with Gasteiger partial charge in [-0.1, -0.05) is 237 Å². The lowest BCUT2D eigenvalue weighted by atomic mass is 9.99. The van der Waals surface area contributed by atoms with E-state index in [1.54, 1.807) is 0 Å². The van der Waals surface area contributed by atoms with E-state index in [1.165, 1.54) is 180 Å². The smallest absolute Gasteiger partial charge is 0.249 e. The Morgan fingerprint density at radius 2 is 0.764 bits per heavy atom. The summed E-state index contributed by atoms with van der Waals surface area (Å²) >= 11 is 0. The maximum Gasteiger partial charge on any atom is 0.249 e. The van der Waals surface area contributed by atoms with E-state index in [9.17, 15) is 25.2 Å². The third-order valence-corrected chi connectivity index (χ3v) is 11.4. The Bertz CT molecular complexity index is 832. The number of hydrogen-bond acceptors (Lipinski definition) is 5. The number of hydrogen-bond donors (Lipinski definition) is 5. The van der Waals surface area contributed by atoms with E-state index < -0.39 is 36.9 Å². The van der Waals surface area contributed by atoms with Crippen molar-refractivity contribution < 1.29 is 25.2 Å². The second-order valence-corrected chi connectivity index (χ2v) is 16.8. The van der Waals surface area contributed by atoms with Crippen LogP contribution in [0.2, 0.25) is 0 Å². The molecule has 6 heteroatoms. The van der Waals surface area contributed by atoms with Crippen molar-refractivity contribution in [2.45, 2.75) is 276 Å². The van der Waals surface area contributed by atoms with Crippen LogP contribution in [0.15, 0.2) is 24.3 Å². The number of amides is 1. The summed E-state index contributed by atoms with van der Waals surface area (Å²) in [6.07, 6.45) is 50.7. The first-order valence-corrected chi connectivity index (χ1v) is 24.2. The van der Waals surface area contributed by atoms with Crippen LogP contribution in [-0.4, -0.2) is 57.3 Å².